The lowest BCUT2D eigenvalue weighted by molar-refractivity contribution is -0.137. The van der Waals surface area contributed by atoms with E-state index < -0.39 is 5.97 Å². The Morgan fingerprint density at radius 1 is 1.24 bits per heavy atom. The van der Waals surface area contributed by atoms with E-state index in [2.05, 4.69) is 5.32 Å². The van der Waals surface area contributed by atoms with E-state index in [1.165, 1.54) is 0 Å². The van der Waals surface area contributed by atoms with Crippen molar-refractivity contribution in [2.24, 2.45) is 5.92 Å². The fourth-order valence-corrected chi connectivity index (χ4v) is 1.27. The van der Waals surface area contributed by atoms with Gasteiger partial charge in [0, 0.05) is 13.0 Å². The molecule has 0 aromatic carbocycles. The molecule has 1 atom stereocenters. The Labute approximate surface area is 103 Å². The fraction of sp³-hybridized carbons (Fsp3) is 0.833. The average molecular weight is 245 g/mol. The van der Waals surface area contributed by atoms with E-state index in [4.69, 9.17) is 9.84 Å². The number of aliphatic carboxylic acids is 1. The zero-order valence-electron chi connectivity index (χ0n) is 10.9. The Balaban J connectivity index is 3.48. The van der Waals surface area contributed by atoms with Crippen LogP contribution < -0.4 is 5.32 Å². The number of carboxylic acids is 1. The van der Waals surface area contributed by atoms with E-state index in [0.717, 1.165) is 6.42 Å². The number of carboxylic acid groups (broad SMARTS) is 1. The van der Waals surface area contributed by atoms with E-state index in [1.54, 1.807) is 0 Å². The first-order chi connectivity index (χ1) is 7.91. The van der Waals surface area contributed by atoms with Crippen molar-refractivity contribution < 1.29 is 19.4 Å². The number of carbonyl (C=O) groups excluding carboxylic acids is 1. The second kappa shape index (κ2) is 8.98. The van der Waals surface area contributed by atoms with Gasteiger partial charge in [0.2, 0.25) is 5.91 Å². The molecule has 0 aromatic heterocycles. The van der Waals surface area contributed by atoms with Crippen molar-refractivity contribution >= 4 is 11.9 Å². The van der Waals surface area contributed by atoms with Crippen molar-refractivity contribution in [1.29, 1.82) is 0 Å². The number of rotatable bonds is 9. The summed E-state index contributed by atoms with van der Waals surface area (Å²) in [4.78, 5) is 21.6. The van der Waals surface area contributed by atoms with Gasteiger partial charge < -0.3 is 15.2 Å². The number of ether oxygens (including phenoxy) is 1. The first-order valence-corrected chi connectivity index (χ1v) is 6.02. The summed E-state index contributed by atoms with van der Waals surface area (Å²) < 4.78 is 5.15. The van der Waals surface area contributed by atoms with Gasteiger partial charge in [0.05, 0.1) is 6.10 Å². The quantitative estimate of drug-likeness (QED) is 0.644. The van der Waals surface area contributed by atoms with Crippen LogP contribution in [0, 0.1) is 5.92 Å². The van der Waals surface area contributed by atoms with E-state index in [9.17, 15) is 9.59 Å². The lowest BCUT2D eigenvalue weighted by atomic mass is 10.0. The lowest BCUT2D eigenvalue weighted by Crippen LogP contribution is -2.30. The van der Waals surface area contributed by atoms with Crippen LogP contribution in [-0.2, 0) is 14.3 Å². The SMILES string of the molecule is CC(CCNC(=O)COC(C)C)CCC(=O)O. The molecule has 1 unspecified atom stereocenters. The van der Waals surface area contributed by atoms with Gasteiger partial charge in [-0.05, 0) is 32.6 Å². The molecule has 0 rings (SSSR count). The van der Waals surface area contributed by atoms with Gasteiger partial charge in [0.1, 0.15) is 6.61 Å². The van der Waals surface area contributed by atoms with Gasteiger partial charge >= 0.3 is 5.97 Å². The summed E-state index contributed by atoms with van der Waals surface area (Å²) in [6.45, 7) is 6.39. The van der Waals surface area contributed by atoms with Crippen LogP contribution in [0.15, 0.2) is 0 Å². The monoisotopic (exact) mass is 245 g/mol. The summed E-state index contributed by atoms with van der Waals surface area (Å²) in [6.07, 6.45) is 1.68. The number of hydrogen-bond donors (Lipinski definition) is 2. The molecule has 0 aliphatic heterocycles. The van der Waals surface area contributed by atoms with Gasteiger partial charge in [-0.1, -0.05) is 6.92 Å². The van der Waals surface area contributed by atoms with Gasteiger partial charge in [-0.15, -0.1) is 0 Å². The minimum absolute atomic E-state index is 0.0511. The van der Waals surface area contributed by atoms with Crippen LogP contribution in [0.1, 0.15) is 40.0 Å². The number of amides is 1. The molecular formula is C12H23NO4. The Morgan fingerprint density at radius 3 is 2.41 bits per heavy atom. The highest BCUT2D eigenvalue weighted by molar-refractivity contribution is 5.77. The average Bonchev–Trinajstić information content (AvgIpc) is 2.23. The molecule has 0 fully saturated rings. The van der Waals surface area contributed by atoms with Crippen LogP contribution in [0.3, 0.4) is 0 Å². The largest absolute Gasteiger partial charge is 0.481 e. The fourth-order valence-electron chi connectivity index (χ4n) is 1.27. The molecule has 0 saturated carbocycles. The Hall–Kier alpha value is -1.10. The number of hydrogen-bond acceptors (Lipinski definition) is 3. The molecule has 5 heteroatoms. The summed E-state index contributed by atoms with van der Waals surface area (Å²) in [5, 5.41) is 11.3. The standard InChI is InChI=1S/C12H23NO4/c1-9(2)17-8-11(14)13-7-6-10(3)4-5-12(15)16/h9-10H,4-8H2,1-3H3,(H,13,14)(H,15,16). The van der Waals surface area contributed by atoms with Crippen LogP contribution >= 0.6 is 0 Å². The molecule has 1 amide bonds. The predicted molar refractivity (Wildman–Crippen MR) is 64.7 cm³/mol. The molecular weight excluding hydrogens is 222 g/mol. The van der Waals surface area contributed by atoms with Crippen molar-refractivity contribution in [2.75, 3.05) is 13.2 Å². The minimum atomic E-state index is -0.772. The summed E-state index contributed by atoms with van der Waals surface area (Å²) in [6, 6.07) is 0. The molecule has 2 N–H and O–H groups in total. The second-order valence-corrected chi connectivity index (χ2v) is 4.54. The Morgan fingerprint density at radius 2 is 1.88 bits per heavy atom. The van der Waals surface area contributed by atoms with Gasteiger partial charge in [-0.3, -0.25) is 9.59 Å². The summed E-state index contributed by atoms with van der Waals surface area (Å²) in [7, 11) is 0. The molecule has 0 heterocycles. The first-order valence-electron chi connectivity index (χ1n) is 6.02. The molecule has 5 nitrogen and oxygen atoms in total. The molecule has 0 aliphatic rings. The smallest absolute Gasteiger partial charge is 0.303 e. The third kappa shape index (κ3) is 11.2. The molecule has 0 saturated heterocycles. The highest BCUT2D eigenvalue weighted by Crippen LogP contribution is 2.08. The molecule has 0 aliphatic carbocycles. The van der Waals surface area contributed by atoms with E-state index in [0.29, 0.717) is 18.9 Å². The predicted octanol–water partition coefficient (Wildman–Crippen LogP) is 1.42. The molecule has 100 valence electrons. The van der Waals surface area contributed by atoms with Crippen LogP contribution in [0.2, 0.25) is 0 Å². The summed E-state index contributed by atoms with van der Waals surface area (Å²) in [5.41, 5.74) is 0. The second-order valence-electron chi connectivity index (χ2n) is 4.54. The maximum absolute atomic E-state index is 11.3. The van der Waals surface area contributed by atoms with Gasteiger partial charge in [0.25, 0.3) is 0 Å². The van der Waals surface area contributed by atoms with Crippen LogP contribution in [0.5, 0.6) is 0 Å². The van der Waals surface area contributed by atoms with Crippen molar-refractivity contribution in [2.45, 2.75) is 46.1 Å². The van der Waals surface area contributed by atoms with Gasteiger partial charge in [0.15, 0.2) is 0 Å². The topological polar surface area (TPSA) is 75.6 Å². The minimum Gasteiger partial charge on any atom is -0.481 e. The third-order valence-electron chi connectivity index (χ3n) is 2.36. The van der Waals surface area contributed by atoms with E-state index >= 15 is 0 Å². The normalized spacial score (nSPS) is 12.5. The molecule has 0 bridgehead atoms. The molecule has 0 aromatic rings. The van der Waals surface area contributed by atoms with E-state index in [1.807, 2.05) is 20.8 Å². The number of carbonyl (C=O) groups is 2. The maximum atomic E-state index is 11.3. The summed E-state index contributed by atoms with van der Waals surface area (Å²) >= 11 is 0. The van der Waals surface area contributed by atoms with Gasteiger partial charge in [-0.2, -0.15) is 0 Å². The van der Waals surface area contributed by atoms with Crippen LogP contribution in [0.4, 0.5) is 0 Å². The van der Waals surface area contributed by atoms with Crippen LogP contribution in [-0.4, -0.2) is 36.2 Å². The molecule has 0 spiro atoms. The zero-order valence-corrected chi connectivity index (χ0v) is 10.9. The van der Waals surface area contributed by atoms with Crippen molar-refractivity contribution in [3.05, 3.63) is 0 Å². The van der Waals surface area contributed by atoms with Crippen molar-refractivity contribution in [1.82, 2.24) is 5.32 Å². The number of nitrogens with one attached hydrogen (secondary N) is 1. The summed E-state index contributed by atoms with van der Waals surface area (Å²) in [5.74, 6) is -0.590. The Kier molecular flexibility index (Phi) is 8.40. The van der Waals surface area contributed by atoms with Crippen molar-refractivity contribution in [3.8, 4) is 0 Å². The van der Waals surface area contributed by atoms with Gasteiger partial charge in [-0.25, -0.2) is 0 Å². The molecule has 17 heavy (non-hydrogen) atoms. The highest BCUT2D eigenvalue weighted by atomic mass is 16.5. The highest BCUT2D eigenvalue weighted by Gasteiger charge is 2.07. The first kappa shape index (κ1) is 15.9. The molecule has 0 radical (unpaired) electrons. The third-order valence-corrected chi connectivity index (χ3v) is 2.36. The van der Waals surface area contributed by atoms with Crippen molar-refractivity contribution in [3.63, 3.8) is 0 Å². The Bertz CT molecular complexity index is 241. The lowest BCUT2D eigenvalue weighted by Gasteiger charge is -2.11. The van der Waals surface area contributed by atoms with Crippen LogP contribution in [0.25, 0.3) is 0 Å². The zero-order chi connectivity index (χ0) is 13.3. The maximum Gasteiger partial charge on any atom is 0.303 e. The van der Waals surface area contributed by atoms with E-state index in [-0.39, 0.29) is 25.0 Å².